The molecule has 0 bridgehead atoms. The van der Waals surface area contributed by atoms with Crippen molar-refractivity contribution in [2.75, 3.05) is 7.05 Å². The highest BCUT2D eigenvalue weighted by Crippen LogP contribution is 2.29. The molecule has 3 rings (SSSR count). The van der Waals surface area contributed by atoms with Crippen molar-refractivity contribution in [3.8, 4) is 0 Å². The van der Waals surface area contributed by atoms with E-state index in [1.807, 2.05) is 60.7 Å². The summed E-state index contributed by atoms with van der Waals surface area (Å²) in [6, 6.07) is 19.9. The third-order valence-electron chi connectivity index (χ3n) is 4.05. The summed E-state index contributed by atoms with van der Waals surface area (Å²) < 4.78 is 0. The second-order valence-electron chi connectivity index (χ2n) is 5.69. The number of guanidine groups is 1. The molecule has 112 valence electrons. The van der Waals surface area contributed by atoms with Crippen LogP contribution in [0.4, 0.5) is 0 Å². The van der Waals surface area contributed by atoms with Gasteiger partial charge in [0.1, 0.15) is 0 Å². The van der Waals surface area contributed by atoms with Crippen molar-refractivity contribution >= 4 is 11.9 Å². The SMILES string of the molecule is CN1C(=O)C(Cc2ccccc2)(Cc2ccccc2)N=C1N. The van der Waals surface area contributed by atoms with Crippen molar-refractivity contribution in [2.45, 2.75) is 18.4 Å². The monoisotopic (exact) mass is 293 g/mol. The summed E-state index contributed by atoms with van der Waals surface area (Å²) in [5.74, 6) is 0.245. The Labute approximate surface area is 130 Å². The van der Waals surface area contributed by atoms with E-state index in [-0.39, 0.29) is 11.9 Å². The van der Waals surface area contributed by atoms with Crippen molar-refractivity contribution in [1.82, 2.24) is 4.90 Å². The van der Waals surface area contributed by atoms with Crippen LogP contribution in [0.15, 0.2) is 65.7 Å². The normalized spacial score (nSPS) is 16.7. The molecule has 0 aliphatic carbocycles. The number of benzene rings is 2. The van der Waals surface area contributed by atoms with Gasteiger partial charge >= 0.3 is 0 Å². The zero-order valence-corrected chi connectivity index (χ0v) is 12.6. The predicted molar refractivity (Wildman–Crippen MR) is 87.4 cm³/mol. The minimum atomic E-state index is -0.846. The summed E-state index contributed by atoms with van der Waals surface area (Å²) in [5.41, 5.74) is 7.23. The number of rotatable bonds is 4. The molecule has 1 amide bonds. The highest BCUT2D eigenvalue weighted by molar-refractivity contribution is 6.06. The maximum absolute atomic E-state index is 12.8. The number of carbonyl (C=O) groups is 1. The Morgan fingerprint density at radius 2 is 1.41 bits per heavy atom. The summed E-state index contributed by atoms with van der Waals surface area (Å²) in [4.78, 5) is 18.8. The molecule has 1 heterocycles. The van der Waals surface area contributed by atoms with Crippen molar-refractivity contribution in [3.05, 3.63) is 71.8 Å². The molecule has 2 N–H and O–H groups in total. The number of carbonyl (C=O) groups excluding carboxylic acids is 1. The molecule has 0 saturated carbocycles. The highest BCUT2D eigenvalue weighted by Gasteiger charge is 2.46. The van der Waals surface area contributed by atoms with Crippen LogP contribution in [0.5, 0.6) is 0 Å². The van der Waals surface area contributed by atoms with Gasteiger partial charge < -0.3 is 5.73 Å². The summed E-state index contributed by atoms with van der Waals surface area (Å²) in [6.07, 6.45) is 1.10. The number of aliphatic imine (C=N–C) groups is 1. The molecule has 0 atom stereocenters. The van der Waals surface area contributed by atoms with Crippen LogP contribution in [0.25, 0.3) is 0 Å². The smallest absolute Gasteiger partial charge is 0.257 e. The molecule has 0 fully saturated rings. The maximum atomic E-state index is 12.8. The number of likely N-dealkylation sites (N-methyl/N-ethyl adjacent to an activating group) is 1. The van der Waals surface area contributed by atoms with E-state index >= 15 is 0 Å². The van der Waals surface area contributed by atoms with Gasteiger partial charge in [-0.3, -0.25) is 9.69 Å². The van der Waals surface area contributed by atoms with Gasteiger partial charge in [0.05, 0.1) is 0 Å². The molecule has 0 radical (unpaired) electrons. The molecule has 2 aromatic carbocycles. The lowest BCUT2D eigenvalue weighted by Crippen LogP contribution is -2.45. The zero-order chi connectivity index (χ0) is 15.6. The van der Waals surface area contributed by atoms with Gasteiger partial charge in [-0.25, -0.2) is 4.99 Å². The average molecular weight is 293 g/mol. The van der Waals surface area contributed by atoms with E-state index in [1.54, 1.807) is 7.05 Å². The predicted octanol–water partition coefficient (Wildman–Crippen LogP) is 2.00. The van der Waals surface area contributed by atoms with Crippen LogP contribution in [0.1, 0.15) is 11.1 Å². The van der Waals surface area contributed by atoms with Crippen LogP contribution in [-0.2, 0) is 17.6 Å². The number of hydrogen-bond donors (Lipinski definition) is 1. The zero-order valence-electron chi connectivity index (χ0n) is 12.6. The molecule has 1 aliphatic rings. The topological polar surface area (TPSA) is 58.7 Å². The first kappa shape index (κ1) is 14.3. The lowest BCUT2D eigenvalue weighted by atomic mass is 9.85. The van der Waals surface area contributed by atoms with Crippen molar-refractivity contribution in [1.29, 1.82) is 0 Å². The fourth-order valence-corrected chi connectivity index (χ4v) is 2.92. The van der Waals surface area contributed by atoms with Crippen LogP contribution in [0, 0.1) is 0 Å². The molecular weight excluding hydrogens is 274 g/mol. The maximum Gasteiger partial charge on any atom is 0.257 e. The standard InChI is InChI=1S/C18H19N3O/c1-21-16(22)18(20-17(21)19,12-14-8-4-2-5-9-14)13-15-10-6-3-7-11-15/h2-11H,12-13H2,1H3,(H2,19,20). The van der Waals surface area contributed by atoms with Crippen LogP contribution in [-0.4, -0.2) is 29.4 Å². The molecule has 0 aromatic heterocycles. The largest absolute Gasteiger partial charge is 0.369 e. The second kappa shape index (κ2) is 5.64. The quantitative estimate of drug-likeness (QED) is 0.937. The molecule has 1 aliphatic heterocycles. The van der Waals surface area contributed by atoms with Crippen molar-refractivity contribution in [3.63, 3.8) is 0 Å². The molecule has 22 heavy (non-hydrogen) atoms. The van der Waals surface area contributed by atoms with Crippen LogP contribution < -0.4 is 5.73 Å². The first-order chi connectivity index (χ1) is 10.6. The highest BCUT2D eigenvalue weighted by atomic mass is 16.2. The van der Waals surface area contributed by atoms with E-state index < -0.39 is 5.54 Å². The van der Waals surface area contributed by atoms with Gasteiger partial charge in [-0.2, -0.15) is 0 Å². The number of amides is 1. The number of hydrogen-bond acceptors (Lipinski definition) is 3. The molecule has 4 heteroatoms. The molecule has 0 saturated heterocycles. The van der Waals surface area contributed by atoms with E-state index in [4.69, 9.17) is 5.73 Å². The lowest BCUT2D eigenvalue weighted by Gasteiger charge is -2.25. The Hall–Kier alpha value is -2.62. The van der Waals surface area contributed by atoms with E-state index in [1.165, 1.54) is 4.90 Å². The fourth-order valence-electron chi connectivity index (χ4n) is 2.92. The van der Waals surface area contributed by atoms with Gasteiger partial charge in [-0.05, 0) is 11.1 Å². The van der Waals surface area contributed by atoms with E-state index in [2.05, 4.69) is 4.99 Å². The molecule has 4 nitrogen and oxygen atoms in total. The second-order valence-corrected chi connectivity index (χ2v) is 5.69. The third-order valence-corrected chi connectivity index (χ3v) is 4.05. The summed E-state index contributed by atoms with van der Waals surface area (Å²) in [5, 5.41) is 0. The minimum Gasteiger partial charge on any atom is -0.369 e. The molecule has 0 spiro atoms. The van der Waals surface area contributed by atoms with Crippen LogP contribution >= 0.6 is 0 Å². The Morgan fingerprint density at radius 3 is 1.77 bits per heavy atom. The van der Waals surface area contributed by atoms with E-state index in [0.717, 1.165) is 11.1 Å². The number of nitrogens with zero attached hydrogens (tertiary/aromatic N) is 2. The van der Waals surface area contributed by atoms with Crippen molar-refractivity contribution in [2.24, 2.45) is 10.7 Å². The van der Waals surface area contributed by atoms with Gasteiger partial charge in [0.25, 0.3) is 5.91 Å². The van der Waals surface area contributed by atoms with Gasteiger partial charge in [0, 0.05) is 19.9 Å². The molecular formula is C18H19N3O. The Morgan fingerprint density at radius 1 is 0.955 bits per heavy atom. The number of nitrogens with two attached hydrogens (primary N) is 1. The van der Waals surface area contributed by atoms with Gasteiger partial charge in [-0.1, -0.05) is 60.7 Å². The Kier molecular flexibility index (Phi) is 3.67. The minimum absolute atomic E-state index is 0.0438. The Bertz CT molecular complexity index is 653. The third kappa shape index (κ3) is 2.60. The lowest BCUT2D eigenvalue weighted by molar-refractivity contribution is -0.130. The van der Waals surface area contributed by atoms with Crippen molar-refractivity contribution < 1.29 is 4.79 Å². The average Bonchev–Trinajstić information content (AvgIpc) is 2.73. The fraction of sp³-hybridized carbons (Fsp3) is 0.222. The summed E-state index contributed by atoms with van der Waals surface area (Å²) >= 11 is 0. The van der Waals surface area contributed by atoms with E-state index in [9.17, 15) is 4.79 Å². The molecule has 0 unspecified atom stereocenters. The first-order valence-electron chi connectivity index (χ1n) is 7.32. The van der Waals surface area contributed by atoms with Gasteiger partial charge in [0.15, 0.2) is 11.5 Å². The molecule has 2 aromatic rings. The Balaban J connectivity index is 1.98. The summed E-state index contributed by atoms with van der Waals surface area (Å²) in [7, 11) is 1.68. The van der Waals surface area contributed by atoms with Crippen LogP contribution in [0.3, 0.4) is 0 Å². The van der Waals surface area contributed by atoms with Gasteiger partial charge in [0.2, 0.25) is 0 Å². The van der Waals surface area contributed by atoms with E-state index in [0.29, 0.717) is 12.8 Å². The first-order valence-corrected chi connectivity index (χ1v) is 7.32. The summed E-state index contributed by atoms with van der Waals surface area (Å²) in [6.45, 7) is 0. The van der Waals surface area contributed by atoms with Gasteiger partial charge in [-0.15, -0.1) is 0 Å². The van der Waals surface area contributed by atoms with Crippen LogP contribution in [0.2, 0.25) is 0 Å².